The number of aryl methyl sites for hydroxylation is 2. The quantitative estimate of drug-likeness (QED) is 0.700. The number of hydrogen-bond donors (Lipinski definition) is 0. The van der Waals surface area contributed by atoms with E-state index in [2.05, 4.69) is 33.3 Å². The molecule has 0 spiro atoms. The molecule has 0 aliphatic carbocycles. The van der Waals surface area contributed by atoms with Crippen molar-refractivity contribution in [3.63, 3.8) is 0 Å². The van der Waals surface area contributed by atoms with Gasteiger partial charge in [-0.25, -0.2) is 0 Å². The van der Waals surface area contributed by atoms with Gasteiger partial charge in [-0.15, -0.1) is 0 Å². The average molecular weight is 251 g/mol. The van der Waals surface area contributed by atoms with Gasteiger partial charge in [0.05, 0.1) is 0 Å². The highest BCUT2D eigenvalue weighted by molar-refractivity contribution is 5.62. The van der Waals surface area contributed by atoms with Gasteiger partial charge in [0.15, 0.2) is 0 Å². The zero-order valence-corrected chi connectivity index (χ0v) is 10.8. The third kappa shape index (κ3) is 2.25. The molecule has 0 unspecified atom stereocenters. The summed E-state index contributed by atoms with van der Waals surface area (Å²) in [5, 5.41) is 4.02. The van der Waals surface area contributed by atoms with E-state index in [0.29, 0.717) is 11.7 Å². The molecule has 0 amide bonds. The molecule has 0 saturated carbocycles. The van der Waals surface area contributed by atoms with Gasteiger partial charge in [-0.1, -0.05) is 22.9 Å². The lowest BCUT2D eigenvalue weighted by Crippen LogP contribution is -1.85. The molecule has 0 fully saturated rings. The lowest BCUT2D eigenvalue weighted by molar-refractivity contribution is 0.432. The highest BCUT2D eigenvalue weighted by atomic mass is 16.5. The van der Waals surface area contributed by atoms with Crippen molar-refractivity contribution in [1.29, 1.82) is 0 Å². The Morgan fingerprint density at radius 2 is 1.79 bits per heavy atom. The third-order valence-electron chi connectivity index (χ3n) is 2.99. The molecule has 2 heterocycles. The monoisotopic (exact) mass is 251 g/mol. The maximum absolute atomic E-state index is 5.36. The molecule has 1 aromatic carbocycles. The predicted octanol–water partition coefficient (Wildman–Crippen LogP) is 3.42. The second kappa shape index (κ2) is 4.65. The molecule has 0 bridgehead atoms. The van der Waals surface area contributed by atoms with E-state index < -0.39 is 0 Å². The van der Waals surface area contributed by atoms with E-state index in [9.17, 15) is 0 Å². The van der Waals surface area contributed by atoms with Crippen LogP contribution in [0.2, 0.25) is 0 Å². The molecule has 0 N–H and O–H groups in total. The van der Waals surface area contributed by atoms with Crippen molar-refractivity contribution in [2.75, 3.05) is 0 Å². The lowest BCUT2D eigenvalue weighted by Gasteiger charge is -2.01. The Labute approximate surface area is 111 Å². The van der Waals surface area contributed by atoms with E-state index in [1.54, 1.807) is 12.4 Å². The van der Waals surface area contributed by atoms with Crippen LogP contribution in [-0.4, -0.2) is 15.1 Å². The summed E-state index contributed by atoms with van der Waals surface area (Å²) in [6.07, 6.45) is 3.42. The Morgan fingerprint density at radius 1 is 1.00 bits per heavy atom. The van der Waals surface area contributed by atoms with Crippen molar-refractivity contribution < 1.29 is 4.52 Å². The highest BCUT2D eigenvalue weighted by Gasteiger charge is 2.12. The Balaban J connectivity index is 2.04. The zero-order valence-electron chi connectivity index (χ0n) is 10.8. The number of aromatic nitrogens is 3. The van der Waals surface area contributed by atoms with Gasteiger partial charge in [-0.05, 0) is 37.6 Å². The summed E-state index contributed by atoms with van der Waals surface area (Å²) >= 11 is 0. The van der Waals surface area contributed by atoms with Crippen LogP contribution in [0.25, 0.3) is 22.8 Å². The molecule has 3 rings (SSSR count). The van der Waals surface area contributed by atoms with Crippen LogP contribution >= 0.6 is 0 Å². The third-order valence-corrected chi connectivity index (χ3v) is 2.99. The SMILES string of the molecule is Cc1ccc(C)c(-c2nc(-c3ccncc3)no2)c1. The van der Waals surface area contributed by atoms with Gasteiger partial charge in [-0.2, -0.15) is 4.98 Å². The fourth-order valence-electron chi connectivity index (χ4n) is 1.92. The number of benzene rings is 1. The molecular formula is C15H13N3O. The first kappa shape index (κ1) is 11.6. The van der Waals surface area contributed by atoms with E-state index in [1.165, 1.54) is 5.56 Å². The second-order valence-corrected chi connectivity index (χ2v) is 4.48. The van der Waals surface area contributed by atoms with Crippen LogP contribution in [0, 0.1) is 13.8 Å². The Hall–Kier alpha value is -2.49. The predicted molar refractivity (Wildman–Crippen MR) is 72.4 cm³/mol. The van der Waals surface area contributed by atoms with Gasteiger partial charge in [-0.3, -0.25) is 4.98 Å². The van der Waals surface area contributed by atoms with Crippen LogP contribution < -0.4 is 0 Å². The minimum atomic E-state index is 0.549. The molecule has 0 aliphatic heterocycles. The summed E-state index contributed by atoms with van der Waals surface area (Å²) < 4.78 is 5.36. The van der Waals surface area contributed by atoms with Crippen molar-refractivity contribution >= 4 is 0 Å². The minimum Gasteiger partial charge on any atom is -0.334 e. The van der Waals surface area contributed by atoms with Crippen LogP contribution in [0.4, 0.5) is 0 Å². The zero-order chi connectivity index (χ0) is 13.2. The molecule has 4 heteroatoms. The molecule has 3 aromatic rings. The van der Waals surface area contributed by atoms with Crippen molar-refractivity contribution in [1.82, 2.24) is 15.1 Å². The van der Waals surface area contributed by atoms with Gasteiger partial charge in [0.2, 0.25) is 5.82 Å². The maximum atomic E-state index is 5.36. The van der Waals surface area contributed by atoms with E-state index >= 15 is 0 Å². The van der Waals surface area contributed by atoms with E-state index in [1.807, 2.05) is 26.0 Å². The first-order valence-electron chi connectivity index (χ1n) is 6.06. The molecular weight excluding hydrogens is 238 g/mol. The van der Waals surface area contributed by atoms with Gasteiger partial charge in [0, 0.05) is 23.5 Å². The molecule has 0 radical (unpaired) electrons. The van der Waals surface area contributed by atoms with E-state index in [-0.39, 0.29) is 0 Å². The molecule has 0 atom stereocenters. The van der Waals surface area contributed by atoms with Crippen LogP contribution in [0.3, 0.4) is 0 Å². The van der Waals surface area contributed by atoms with Crippen molar-refractivity contribution in [3.05, 3.63) is 53.9 Å². The van der Waals surface area contributed by atoms with Crippen molar-refractivity contribution in [2.24, 2.45) is 0 Å². The van der Waals surface area contributed by atoms with Crippen molar-refractivity contribution in [3.8, 4) is 22.8 Å². The lowest BCUT2D eigenvalue weighted by atomic mass is 10.1. The molecule has 0 aliphatic rings. The van der Waals surface area contributed by atoms with Gasteiger partial charge in [0.1, 0.15) is 0 Å². The van der Waals surface area contributed by atoms with Crippen LogP contribution in [0.15, 0.2) is 47.2 Å². The van der Waals surface area contributed by atoms with E-state index in [4.69, 9.17) is 4.52 Å². The van der Waals surface area contributed by atoms with Crippen LogP contribution in [-0.2, 0) is 0 Å². The molecule has 2 aromatic heterocycles. The fourth-order valence-corrected chi connectivity index (χ4v) is 1.92. The summed E-state index contributed by atoms with van der Waals surface area (Å²) in [5.41, 5.74) is 4.17. The molecule has 4 nitrogen and oxygen atoms in total. The topological polar surface area (TPSA) is 51.8 Å². The molecule has 19 heavy (non-hydrogen) atoms. The first-order chi connectivity index (χ1) is 9.24. The van der Waals surface area contributed by atoms with Crippen LogP contribution in [0.1, 0.15) is 11.1 Å². The summed E-state index contributed by atoms with van der Waals surface area (Å²) in [6, 6.07) is 9.90. The highest BCUT2D eigenvalue weighted by Crippen LogP contribution is 2.25. The standard InChI is InChI=1S/C15H13N3O/c1-10-3-4-11(2)13(9-10)15-17-14(18-19-15)12-5-7-16-8-6-12/h3-9H,1-2H3. The Morgan fingerprint density at radius 3 is 2.58 bits per heavy atom. The number of rotatable bonds is 2. The smallest absolute Gasteiger partial charge is 0.258 e. The number of pyridine rings is 1. The van der Waals surface area contributed by atoms with Gasteiger partial charge < -0.3 is 4.52 Å². The number of nitrogens with zero attached hydrogens (tertiary/aromatic N) is 3. The summed E-state index contributed by atoms with van der Waals surface area (Å²) in [6.45, 7) is 4.08. The van der Waals surface area contributed by atoms with E-state index in [0.717, 1.165) is 16.7 Å². The maximum Gasteiger partial charge on any atom is 0.258 e. The van der Waals surface area contributed by atoms with Gasteiger partial charge >= 0.3 is 0 Å². The Kier molecular flexibility index (Phi) is 2.83. The normalized spacial score (nSPS) is 10.6. The number of hydrogen-bond acceptors (Lipinski definition) is 4. The van der Waals surface area contributed by atoms with Crippen LogP contribution in [0.5, 0.6) is 0 Å². The summed E-state index contributed by atoms with van der Waals surface area (Å²) in [7, 11) is 0. The first-order valence-corrected chi connectivity index (χ1v) is 6.06. The summed E-state index contributed by atoms with van der Waals surface area (Å²) in [4.78, 5) is 8.42. The second-order valence-electron chi connectivity index (χ2n) is 4.48. The Bertz CT molecular complexity index is 704. The van der Waals surface area contributed by atoms with Crippen molar-refractivity contribution in [2.45, 2.75) is 13.8 Å². The fraction of sp³-hybridized carbons (Fsp3) is 0.133. The largest absolute Gasteiger partial charge is 0.334 e. The average Bonchev–Trinajstić information content (AvgIpc) is 2.92. The van der Waals surface area contributed by atoms with Gasteiger partial charge in [0.25, 0.3) is 5.89 Å². The molecule has 0 saturated heterocycles. The minimum absolute atomic E-state index is 0.549. The molecule has 94 valence electrons. The summed E-state index contributed by atoms with van der Waals surface area (Å²) in [5.74, 6) is 1.13.